The summed E-state index contributed by atoms with van der Waals surface area (Å²) in [7, 11) is 0. The van der Waals surface area contributed by atoms with Gasteiger partial charge in [0.05, 0.1) is 17.3 Å². The van der Waals surface area contributed by atoms with Gasteiger partial charge in [0.2, 0.25) is 0 Å². The zero-order chi connectivity index (χ0) is 14.8. The van der Waals surface area contributed by atoms with E-state index in [1.54, 1.807) is 30.5 Å². The van der Waals surface area contributed by atoms with Gasteiger partial charge in [0.15, 0.2) is 0 Å². The number of hydrogen-bond acceptors (Lipinski definition) is 6. The summed E-state index contributed by atoms with van der Waals surface area (Å²) >= 11 is 1.20. The second-order valence-electron chi connectivity index (χ2n) is 4.20. The van der Waals surface area contributed by atoms with Gasteiger partial charge in [-0.2, -0.15) is 5.26 Å². The van der Waals surface area contributed by atoms with Crippen LogP contribution in [-0.2, 0) is 0 Å². The number of carbonyl (C=O) groups excluding carboxylic acids is 1. The Morgan fingerprint density at radius 2 is 1.95 bits per heavy atom. The predicted molar refractivity (Wildman–Crippen MR) is 80.9 cm³/mol. The average molecular weight is 295 g/mol. The molecule has 2 heterocycles. The summed E-state index contributed by atoms with van der Waals surface area (Å²) in [5.74, 6) is -0.318. The van der Waals surface area contributed by atoms with Crippen molar-refractivity contribution in [3.05, 3.63) is 47.1 Å². The Labute approximate surface area is 123 Å². The second-order valence-corrected chi connectivity index (χ2v) is 5.20. The third-order valence-corrected chi connectivity index (χ3v) is 3.94. The van der Waals surface area contributed by atoms with Crippen LogP contribution in [0.2, 0.25) is 0 Å². The summed E-state index contributed by atoms with van der Waals surface area (Å²) in [6.45, 7) is 0. The van der Waals surface area contributed by atoms with Crippen molar-refractivity contribution in [1.82, 2.24) is 9.97 Å². The van der Waals surface area contributed by atoms with Crippen LogP contribution < -0.4 is 11.1 Å². The van der Waals surface area contributed by atoms with Crippen LogP contribution in [0.5, 0.6) is 0 Å². The fourth-order valence-corrected chi connectivity index (χ4v) is 2.75. The van der Waals surface area contributed by atoms with E-state index in [4.69, 9.17) is 11.0 Å². The highest BCUT2D eigenvalue weighted by Gasteiger charge is 2.17. The molecule has 2 aromatic heterocycles. The van der Waals surface area contributed by atoms with Gasteiger partial charge in [0, 0.05) is 18.1 Å². The molecule has 0 spiro atoms. The number of benzene rings is 1. The first-order valence-electron chi connectivity index (χ1n) is 5.99. The number of nitrogens with zero attached hydrogens (tertiary/aromatic N) is 3. The smallest absolute Gasteiger partial charge is 0.268 e. The van der Waals surface area contributed by atoms with Gasteiger partial charge >= 0.3 is 0 Å². The molecule has 0 aliphatic heterocycles. The van der Waals surface area contributed by atoms with E-state index in [9.17, 15) is 4.79 Å². The number of anilines is 2. The van der Waals surface area contributed by atoms with Crippen LogP contribution in [-0.4, -0.2) is 15.9 Å². The monoisotopic (exact) mass is 295 g/mol. The average Bonchev–Trinajstić information content (AvgIpc) is 2.86. The standard InChI is InChI=1S/C14H9N5OS/c15-7-8-1-3-9(4-2-8)19-13(20)12-10(16)11-14(21-12)18-6-5-17-11/h1-6H,16H2,(H,19,20). The molecule has 0 atom stereocenters. The van der Waals surface area contributed by atoms with E-state index < -0.39 is 0 Å². The van der Waals surface area contributed by atoms with Gasteiger partial charge in [-0.3, -0.25) is 4.79 Å². The van der Waals surface area contributed by atoms with Crippen molar-refractivity contribution in [3.63, 3.8) is 0 Å². The van der Waals surface area contributed by atoms with Gasteiger partial charge in [-0.25, -0.2) is 9.97 Å². The molecule has 0 saturated carbocycles. The maximum atomic E-state index is 12.3. The minimum absolute atomic E-state index is 0.318. The molecule has 0 aliphatic rings. The minimum Gasteiger partial charge on any atom is -0.396 e. The lowest BCUT2D eigenvalue weighted by atomic mass is 10.2. The van der Waals surface area contributed by atoms with Gasteiger partial charge in [-0.15, -0.1) is 11.3 Å². The van der Waals surface area contributed by atoms with Crippen LogP contribution in [0.3, 0.4) is 0 Å². The van der Waals surface area contributed by atoms with Crippen LogP contribution in [0.4, 0.5) is 11.4 Å². The van der Waals surface area contributed by atoms with Crippen LogP contribution in [0.1, 0.15) is 15.2 Å². The summed E-state index contributed by atoms with van der Waals surface area (Å²) in [6, 6.07) is 8.61. The molecule has 7 heteroatoms. The summed E-state index contributed by atoms with van der Waals surface area (Å²) in [4.78, 5) is 21.5. The normalized spacial score (nSPS) is 10.2. The third-order valence-electron chi connectivity index (χ3n) is 2.84. The molecule has 0 radical (unpaired) electrons. The number of nitrogens with one attached hydrogen (secondary N) is 1. The maximum absolute atomic E-state index is 12.3. The molecular weight excluding hydrogens is 286 g/mol. The van der Waals surface area contributed by atoms with Crippen molar-refractivity contribution in [2.75, 3.05) is 11.1 Å². The number of carbonyl (C=O) groups is 1. The lowest BCUT2D eigenvalue weighted by molar-refractivity contribution is 0.103. The maximum Gasteiger partial charge on any atom is 0.268 e. The molecule has 3 rings (SSSR count). The molecule has 6 nitrogen and oxygen atoms in total. The Kier molecular flexibility index (Phi) is 3.22. The van der Waals surface area contributed by atoms with Crippen LogP contribution in [0, 0.1) is 11.3 Å². The van der Waals surface area contributed by atoms with Crippen LogP contribution >= 0.6 is 11.3 Å². The number of nitrogen functional groups attached to an aromatic ring is 1. The van der Waals surface area contributed by atoms with Crippen LogP contribution in [0.25, 0.3) is 10.3 Å². The molecule has 3 aromatic rings. The SMILES string of the molecule is N#Cc1ccc(NC(=O)c2sc3nccnc3c2N)cc1. The van der Waals surface area contributed by atoms with E-state index in [1.807, 2.05) is 6.07 Å². The summed E-state index contributed by atoms with van der Waals surface area (Å²) in [5.41, 5.74) is 7.93. The van der Waals surface area contributed by atoms with Crippen molar-refractivity contribution >= 4 is 39.0 Å². The largest absolute Gasteiger partial charge is 0.396 e. The van der Waals surface area contributed by atoms with Gasteiger partial charge in [0.1, 0.15) is 15.2 Å². The number of aromatic nitrogens is 2. The highest BCUT2D eigenvalue weighted by atomic mass is 32.1. The molecule has 0 saturated heterocycles. The van der Waals surface area contributed by atoms with Crippen molar-refractivity contribution in [1.29, 1.82) is 5.26 Å². The summed E-state index contributed by atoms with van der Waals surface area (Å²) in [5, 5.41) is 11.5. The fraction of sp³-hybridized carbons (Fsp3) is 0. The lowest BCUT2D eigenvalue weighted by Gasteiger charge is -2.04. The van der Waals surface area contributed by atoms with E-state index >= 15 is 0 Å². The minimum atomic E-state index is -0.318. The number of fused-ring (bicyclic) bond motifs is 1. The second kappa shape index (κ2) is 5.19. The quantitative estimate of drug-likeness (QED) is 0.755. The van der Waals surface area contributed by atoms with Gasteiger partial charge in [-0.1, -0.05) is 0 Å². The topological polar surface area (TPSA) is 105 Å². The zero-order valence-electron chi connectivity index (χ0n) is 10.7. The Morgan fingerprint density at radius 1 is 1.24 bits per heavy atom. The summed E-state index contributed by atoms with van der Waals surface area (Å²) in [6.07, 6.45) is 3.09. The molecule has 21 heavy (non-hydrogen) atoms. The first-order valence-corrected chi connectivity index (χ1v) is 6.81. The van der Waals surface area contributed by atoms with E-state index in [0.29, 0.717) is 32.2 Å². The zero-order valence-corrected chi connectivity index (χ0v) is 11.5. The molecule has 1 aromatic carbocycles. The van der Waals surface area contributed by atoms with E-state index in [-0.39, 0.29) is 5.91 Å². The molecule has 0 fully saturated rings. The molecular formula is C14H9N5OS. The number of nitriles is 1. The Balaban J connectivity index is 1.90. The van der Waals surface area contributed by atoms with Gasteiger partial charge in [0.25, 0.3) is 5.91 Å². The van der Waals surface area contributed by atoms with Crippen molar-refractivity contribution in [2.45, 2.75) is 0 Å². The molecule has 0 unspecified atom stereocenters. The highest BCUT2D eigenvalue weighted by Crippen LogP contribution is 2.30. The number of rotatable bonds is 2. The Hall–Kier alpha value is -2.98. The molecule has 1 amide bonds. The van der Waals surface area contributed by atoms with Crippen LogP contribution in [0.15, 0.2) is 36.7 Å². The molecule has 3 N–H and O–H groups in total. The molecule has 102 valence electrons. The van der Waals surface area contributed by atoms with Crippen molar-refractivity contribution in [2.24, 2.45) is 0 Å². The predicted octanol–water partition coefficient (Wildman–Crippen LogP) is 2.40. The number of amides is 1. The van der Waals surface area contributed by atoms with Crippen molar-refractivity contribution < 1.29 is 4.79 Å². The van der Waals surface area contributed by atoms with Gasteiger partial charge in [-0.05, 0) is 24.3 Å². The first-order chi connectivity index (χ1) is 10.2. The fourth-order valence-electron chi connectivity index (χ4n) is 1.83. The number of nitrogens with two attached hydrogens (primary N) is 1. The first kappa shape index (κ1) is 13.0. The molecule has 0 bridgehead atoms. The van der Waals surface area contributed by atoms with E-state index in [0.717, 1.165) is 0 Å². The van der Waals surface area contributed by atoms with Crippen molar-refractivity contribution in [3.8, 4) is 6.07 Å². The number of hydrogen-bond donors (Lipinski definition) is 2. The number of thiophene rings is 1. The van der Waals surface area contributed by atoms with E-state index in [2.05, 4.69) is 15.3 Å². The summed E-state index contributed by atoms with van der Waals surface area (Å²) < 4.78 is 0. The lowest BCUT2D eigenvalue weighted by Crippen LogP contribution is -2.11. The molecule has 0 aliphatic carbocycles. The third kappa shape index (κ3) is 2.40. The van der Waals surface area contributed by atoms with E-state index in [1.165, 1.54) is 17.5 Å². The Bertz CT molecular complexity index is 863. The highest BCUT2D eigenvalue weighted by molar-refractivity contribution is 7.21. The van der Waals surface area contributed by atoms with Gasteiger partial charge < -0.3 is 11.1 Å². The Morgan fingerprint density at radius 3 is 2.62 bits per heavy atom.